The predicted octanol–water partition coefficient (Wildman–Crippen LogP) is 8.57. The zero-order valence-electron chi connectivity index (χ0n) is 28.5. The van der Waals surface area contributed by atoms with Crippen LogP contribution in [-0.2, 0) is 6.42 Å². The van der Waals surface area contributed by atoms with E-state index in [9.17, 15) is 14.7 Å². The van der Waals surface area contributed by atoms with Gasteiger partial charge in [0, 0.05) is 63.3 Å². The fraction of sp³-hybridized carbons (Fsp3) is 0.436. The van der Waals surface area contributed by atoms with Gasteiger partial charge in [-0.1, -0.05) is 64.0 Å². The molecule has 6 rings (SSSR count). The molecule has 0 aromatic heterocycles. The molecule has 0 saturated carbocycles. The molecule has 248 valence electrons. The lowest BCUT2D eigenvalue weighted by molar-refractivity contribution is 0.373. The molecule has 3 N–H and O–H groups in total. The van der Waals surface area contributed by atoms with Crippen molar-refractivity contribution in [3.63, 3.8) is 0 Å². The third kappa shape index (κ3) is 5.22. The number of benzene rings is 5. The first-order valence-corrected chi connectivity index (χ1v) is 17.0. The number of methoxy groups -OCH3 is 3. The molecule has 8 heteroatoms. The molecule has 0 atom stereocenters. The second-order valence-electron chi connectivity index (χ2n) is 12.8. The minimum absolute atomic E-state index is 0.148. The Balaban J connectivity index is 1.86. The Hall–Kier alpha value is -4.46. The zero-order valence-corrected chi connectivity index (χ0v) is 28.5. The van der Waals surface area contributed by atoms with Crippen LogP contribution in [0.25, 0.3) is 49.2 Å². The summed E-state index contributed by atoms with van der Waals surface area (Å²) in [6.07, 6.45) is 11.5. The maximum atomic E-state index is 14.3. The summed E-state index contributed by atoms with van der Waals surface area (Å²) >= 11 is 0. The lowest BCUT2D eigenvalue weighted by Gasteiger charge is -2.26. The Morgan fingerprint density at radius 1 is 0.660 bits per heavy atom. The molecule has 1 aliphatic rings. The lowest BCUT2D eigenvalue weighted by Crippen LogP contribution is -2.15. The number of phenols is 1. The van der Waals surface area contributed by atoms with E-state index in [1.807, 2.05) is 0 Å². The summed E-state index contributed by atoms with van der Waals surface area (Å²) in [5.41, 5.74) is 3.94. The smallest absolute Gasteiger partial charge is 0.194 e. The first-order valence-electron chi connectivity index (χ1n) is 17.0. The minimum atomic E-state index is -0.367. The average Bonchev–Trinajstić information content (AvgIpc) is 3.21. The number of unbranched alkanes of at least 4 members (excludes halogenated alkanes) is 6. The van der Waals surface area contributed by atoms with E-state index in [1.165, 1.54) is 20.3 Å². The number of nitrogens with one attached hydrogen (secondary N) is 2. The lowest BCUT2D eigenvalue weighted by atomic mass is 9.83. The van der Waals surface area contributed by atoms with Crippen LogP contribution in [0.2, 0.25) is 0 Å². The van der Waals surface area contributed by atoms with E-state index < -0.39 is 0 Å². The van der Waals surface area contributed by atoms with Crippen LogP contribution in [-0.4, -0.2) is 39.5 Å². The Labute approximate surface area is 275 Å². The van der Waals surface area contributed by atoms with Crippen LogP contribution in [0.5, 0.6) is 23.0 Å². The Bertz CT molecular complexity index is 2120. The third-order valence-corrected chi connectivity index (χ3v) is 9.73. The number of phenolic OH excluding ortho intramolecular Hbond substituents is 1. The van der Waals surface area contributed by atoms with Crippen molar-refractivity contribution < 1.29 is 19.3 Å². The van der Waals surface area contributed by atoms with Gasteiger partial charge in [-0.2, -0.15) is 0 Å². The molecule has 0 unspecified atom stereocenters. The van der Waals surface area contributed by atoms with Crippen LogP contribution >= 0.6 is 0 Å². The van der Waals surface area contributed by atoms with E-state index in [0.29, 0.717) is 39.5 Å². The van der Waals surface area contributed by atoms with E-state index in [4.69, 9.17) is 14.2 Å². The fourth-order valence-corrected chi connectivity index (χ4v) is 7.65. The van der Waals surface area contributed by atoms with Crippen molar-refractivity contribution >= 4 is 60.5 Å². The minimum Gasteiger partial charge on any atom is -0.504 e. The summed E-state index contributed by atoms with van der Waals surface area (Å²) in [4.78, 5) is 28.1. The van der Waals surface area contributed by atoms with Crippen LogP contribution in [0.3, 0.4) is 0 Å². The van der Waals surface area contributed by atoms with E-state index in [0.717, 1.165) is 109 Å². The van der Waals surface area contributed by atoms with Gasteiger partial charge in [0.2, 0.25) is 0 Å². The monoisotopic (exact) mass is 638 g/mol. The van der Waals surface area contributed by atoms with Gasteiger partial charge in [-0.15, -0.1) is 0 Å². The largest absolute Gasteiger partial charge is 0.504 e. The molecule has 1 aliphatic carbocycles. The quantitative estimate of drug-likeness (QED) is 0.0595. The molecule has 5 aromatic carbocycles. The van der Waals surface area contributed by atoms with E-state index in [-0.39, 0.29) is 27.7 Å². The van der Waals surface area contributed by atoms with Crippen molar-refractivity contribution in [2.75, 3.05) is 45.1 Å². The first-order chi connectivity index (χ1) is 22.8. The van der Waals surface area contributed by atoms with Gasteiger partial charge in [-0.05, 0) is 31.6 Å². The Morgan fingerprint density at radius 3 is 1.77 bits per heavy atom. The van der Waals surface area contributed by atoms with Gasteiger partial charge in [0.1, 0.15) is 11.5 Å². The van der Waals surface area contributed by atoms with E-state index >= 15 is 0 Å². The number of hydrogen-bond donors (Lipinski definition) is 3. The highest BCUT2D eigenvalue weighted by atomic mass is 16.5. The Morgan fingerprint density at radius 2 is 1.21 bits per heavy atom. The molecular weight excluding hydrogens is 592 g/mol. The van der Waals surface area contributed by atoms with Crippen molar-refractivity contribution in [2.45, 2.75) is 78.6 Å². The SMILES string of the molecule is CCCCCCNc1c(NCCCCCC)c2c(=O)cc(OC)c3c4c(OC)cc(=O)c5c(O)c(OC)c6c(c(c1C=C(C)C6)c23)c54. The molecule has 47 heavy (non-hydrogen) atoms. The molecule has 0 aliphatic heterocycles. The Kier molecular flexibility index (Phi) is 9.22. The number of fused-ring (bicyclic) bond motifs is 1. The normalized spacial score (nSPS) is 12.8. The van der Waals surface area contributed by atoms with Gasteiger partial charge >= 0.3 is 0 Å². The summed E-state index contributed by atoms with van der Waals surface area (Å²) in [7, 11) is 4.60. The van der Waals surface area contributed by atoms with Crippen molar-refractivity contribution in [2.24, 2.45) is 0 Å². The summed E-state index contributed by atoms with van der Waals surface area (Å²) in [6.45, 7) is 7.95. The molecule has 0 radical (unpaired) electrons. The van der Waals surface area contributed by atoms with Crippen molar-refractivity contribution in [3.8, 4) is 23.0 Å². The van der Waals surface area contributed by atoms with Crippen LogP contribution in [0.1, 0.15) is 83.3 Å². The van der Waals surface area contributed by atoms with Crippen LogP contribution in [0.4, 0.5) is 11.4 Å². The third-order valence-electron chi connectivity index (χ3n) is 9.73. The summed E-state index contributed by atoms with van der Waals surface area (Å²) in [6, 6.07) is 2.95. The molecular formula is C39H46N2O6. The zero-order chi connectivity index (χ0) is 33.4. The molecule has 0 spiro atoms. The second kappa shape index (κ2) is 13.3. The summed E-state index contributed by atoms with van der Waals surface area (Å²) < 4.78 is 17.7. The summed E-state index contributed by atoms with van der Waals surface area (Å²) in [5, 5.41) is 24.2. The number of anilines is 2. The van der Waals surface area contributed by atoms with Gasteiger partial charge in [0.25, 0.3) is 0 Å². The topological polar surface area (TPSA) is 106 Å². The molecule has 0 bridgehead atoms. The maximum absolute atomic E-state index is 14.3. The molecule has 0 heterocycles. The number of allylic oxidation sites excluding steroid dienone is 1. The molecule has 0 amide bonds. The highest BCUT2D eigenvalue weighted by molar-refractivity contribution is 6.40. The number of ether oxygens (including phenoxy) is 3. The van der Waals surface area contributed by atoms with Crippen LogP contribution < -0.4 is 35.7 Å². The maximum Gasteiger partial charge on any atom is 0.194 e. The van der Waals surface area contributed by atoms with Crippen molar-refractivity contribution in [1.82, 2.24) is 0 Å². The molecule has 5 aromatic rings. The number of hydrogen-bond acceptors (Lipinski definition) is 8. The van der Waals surface area contributed by atoms with E-state index in [1.54, 1.807) is 13.2 Å². The van der Waals surface area contributed by atoms with Gasteiger partial charge in [0.15, 0.2) is 22.4 Å². The van der Waals surface area contributed by atoms with Crippen LogP contribution in [0, 0.1) is 0 Å². The van der Waals surface area contributed by atoms with E-state index in [2.05, 4.69) is 37.5 Å². The predicted molar refractivity (Wildman–Crippen MR) is 195 cm³/mol. The number of aromatic hydroxyl groups is 1. The summed E-state index contributed by atoms with van der Waals surface area (Å²) in [5.74, 6) is 0.839. The highest BCUT2D eigenvalue weighted by Gasteiger charge is 2.33. The van der Waals surface area contributed by atoms with Crippen LogP contribution in [0.15, 0.2) is 27.3 Å². The average molecular weight is 639 g/mol. The van der Waals surface area contributed by atoms with Gasteiger partial charge in [0.05, 0.1) is 43.5 Å². The molecule has 0 fully saturated rings. The first kappa shape index (κ1) is 32.5. The van der Waals surface area contributed by atoms with Gasteiger partial charge in [-0.25, -0.2) is 0 Å². The highest BCUT2D eigenvalue weighted by Crippen LogP contribution is 2.56. The molecule has 0 saturated heterocycles. The number of rotatable bonds is 15. The fourth-order valence-electron chi connectivity index (χ4n) is 7.65. The van der Waals surface area contributed by atoms with Gasteiger partial charge in [-0.3, -0.25) is 9.59 Å². The van der Waals surface area contributed by atoms with Gasteiger partial charge < -0.3 is 30.0 Å². The van der Waals surface area contributed by atoms with Crippen molar-refractivity contribution in [1.29, 1.82) is 0 Å². The second-order valence-corrected chi connectivity index (χ2v) is 12.8. The standard InChI is InChI=1S/C39H46N2O6/c1-7-9-11-13-15-40-36-22-17-21(3)18-23-29-28(22)34-30(37(36)41-16-14-12-10-8-2)24(42)19-26(45-4)32(34)33-27(46-5)20-25(43)31(35(29)33)38(44)39(23)47-6/h17,19-20,40-41,44H,7-16,18H2,1-6H3. The molecule has 8 nitrogen and oxygen atoms in total. The van der Waals surface area contributed by atoms with Crippen molar-refractivity contribution in [3.05, 3.63) is 49.3 Å².